The van der Waals surface area contributed by atoms with Gasteiger partial charge in [-0.15, -0.1) is 0 Å². The summed E-state index contributed by atoms with van der Waals surface area (Å²) >= 11 is 1.15. The van der Waals surface area contributed by atoms with Crippen LogP contribution in [0.1, 0.15) is 5.69 Å². The number of aromatic amines is 1. The third-order valence-electron chi connectivity index (χ3n) is 1.42. The molecular weight excluding hydrogens is 162 g/mol. The van der Waals surface area contributed by atoms with Crippen LogP contribution in [0.15, 0.2) is 11.0 Å². The molecule has 0 aliphatic heterocycles. The molecule has 0 saturated carbocycles. The van der Waals surface area contributed by atoms with E-state index in [4.69, 9.17) is 0 Å². The minimum atomic E-state index is -0.0575. The van der Waals surface area contributed by atoms with E-state index in [1.54, 1.807) is 6.20 Å². The molecule has 1 N–H and O–H groups in total. The van der Waals surface area contributed by atoms with E-state index < -0.39 is 0 Å². The zero-order valence-electron chi connectivity index (χ0n) is 5.79. The van der Waals surface area contributed by atoms with E-state index in [0.717, 1.165) is 27.2 Å². The van der Waals surface area contributed by atoms with E-state index in [2.05, 4.69) is 15.2 Å². The third-order valence-corrected chi connectivity index (χ3v) is 2.24. The van der Waals surface area contributed by atoms with Gasteiger partial charge in [0.15, 0.2) is 0 Å². The molecule has 2 heterocycles. The summed E-state index contributed by atoms with van der Waals surface area (Å²) in [4.78, 5) is 13.5. The fourth-order valence-corrected chi connectivity index (χ4v) is 1.67. The monoisotopic (exact) mass is 167 g/mol. The van der Waals surface area contributed by atoms with Crippen LogP contribution in [-0.2, 0) is 0 Å². The van der Waals surface area contributed by atoms with Gasteiger partial charge in [0.2, 0.25) is 0 Å². The number of rotatable bonds is 0. The standard InChI is InChI=1S/C6H5N3OS/c1-3-5-4(2-7-9-3)11-6(10)8-5/h2H,1H3,(H,8,10). The number of aromatic nitrogens is 3. The van der Waals surface area contributed by atoms with Crippen molar-refractivity contribution in [3.63, 3.8) is 0 Å². The Morgan fingerprint density at radius 2 is 2.45 bits per heavy atom. The second-order valence-electron chi connectivity index (χ2n) is 2.18. The first-order valence-electron chi connectivity index (χ1n) is 3.08. The van der Waals surface area contributed by atoms with Gasteiger partial charge in [-0.2, -0.15) is 10.2 Å². The lowest BCUT2D eigenvalue weighted by molar-refractivity contribution is 0.998. The number of nitrogens with zero attached hydrogens (tertiary/aromatic N) is 2. The van der Waals surface area contributed by atoms with E-state index in [-0.39, 0.29) is 4.87 Å². The zero-order chi connectivity index (χ0) is 7.84. The van der Waals surface area contributed by atoms with E-state index in [9.17, 15) is 4.79 Å². The Labute approximate surface area is 65.9 Å². The van der Waals surface area contributed by atoms with Crippen LogP contribution < -0.4 is 4.87 Å². The van der Waals surface area contributed by atoms with Crippen molar-refractivity contribution in [2.75, 3.05) is 0 Å². The molecule has 0 amide bonds. The third kappa shape index (κ3) is 0.932. The molecule has 0 atom stereocenters. The number of hydrogen-bond acceptors (Lipinski definition) is 4. The minimum absolute atomic E-state index is 0.0575. The Hall–Kier alpha value is -1.23. The van der Waals surface area contributed by atoms with Gasteiger partial charge in [-0.05, 0) is 6.92 Å². The highest BCUT2D eigenvalue weighted by atomic mass is 32.1. The minimum Gasteiger partial charge on any atom is -0.311 e. The number of nitrogens with one attached hydrogen (secondary N) is 1. The van der Waals surface area contributed by atoms with Crippen molar-refractivity contribution in [2.24, 2.45) is 0 Å². The maximum atomic E-state index is 10.8. The molecule has 0 fully saturated rings. The first-order valence-corrected chi connectivity index (χ1v) is 3.90. The van der Waals surface area contributed by atoms with Gasteiger partial charge in [0.25, 0.3) is 0 Å². The zero-order valence-corrected chi connectivity index (χ0v) is 6.60. The van der Waals surface area contributed by atoms with E-state index >= 15 is 0 Å². The van der Waals surface area contributed by atoms with Crippen LogP contribution in [0.5, 0.6) is 0 Å². The Kier molecular flexibility index (Phi) is 1.25. The second-order valence-corrected chi connectivity index (χ2v) is 3.20. The average Bonchev–Trinajstić information content (AvgIpc) is 2.31. The van der Waals surface area contributed by atoms with Gasteiger partial charge < -0.3 is 4.98 Å². The molecule has 11 heavy (non-hydrogen) atoms. The molecule has 4 nitrogen and oxygen atoms in total. The average molecular weight is 167 g/mol. The number of thiazole rings is 1. The summed E-state index contributed by atoms with van der Waals surface area (Å²) in [5.41, 5.74) is 1.57. The topological polar surface area (TPSA) is 58.6 Å². The molecule has 2 rings (SSSR count). The first kappa shape index (κ1) is 6.48. The largest absolute Gasteiger partial charge is 0.311 e. The van der Waals surface area contributed by atoms with Crippen molar-refractivity contribution >= 4 is 21.6 Å². The van der Waals surface area contributed by atoms with Gasteiger partial charge in [-0.1, -0.05) is 11.3 Å². The molecule has 0 saturated heterocycles. The number of hydrogen-bond donors (Lipinski definition) is 1. The van der Waals surface area contributed by atoms with Crippen molar-refractivity contribution in [1.29, 1.82) is 0 Å². The fourth-order valence-electron chi connectivity index (χ4n) is 0.918. The number of H-pyrrole nitrogens is 1. The SMILES string of the molecule is Cc1nncc2sc(=O)[nH]c12. The van der Waals surface area contributed by atoms with Gasteiger partial charge in [-0.25, -0.2) is 0 Å². The Bertz CT molecular complexity index is 444. The number of aryl methyl sites for hydroxylation is 1. The summed E-state index contributed by atoms with van der Waals surface area (Å²) in [6.07, 6.45) is 1.59. The molecular formula is C6H5N3OS. The van der Waals surface area contributed by atoms with Crippen LogP contribution in [0.3, 0.4) is 0 Å². The van der Waals surface area contributed by atoms with Gasteiger partial charge in [-0.3, -0.25) is 4.79 Å². The van der Waals surface area contributed by atoms with Gasteiger partial charge in [0.05, 0.1) is 22.1 Å². The van der Waals surface area contributed by atoms with Crippen molar-refractivity contribution in [1.82, 2.24) is 15.2 Å². The second kappa shape index (κ2) is 2.13. The molecule has 0 aromatic carbocycles. The van der Waals surface area contributed by atoms with Gasteiger partial charge >= 0.3 is 4.87 Å². The summed E-state index contributed by atoms with van der Waals surface area (Å²) < 4.78 is 0.863. The molecule has 0 aliphatic rings. The molecule has 2 aromatic heterocycles. The summed E-state index contributed by atoms with van der Waals surface area (Å²) in [5, 5.41) is 7.53. The maximum Gasteiger partial charge on any atom is 0.305 e. The van der Waals surface area contributed by atoms with Crippen LogP contribution >= 0.6 is 11.3 Å². The predicted octanol–water partition coefficient (Wildman–Crippen LogP) is 0.688. The molecule has 5 heteroatoms. The molecule has 0 bridgehead atoms. The lowest BCUT2D eigenvalue weighted by atomic mass is 10.4. The van der Waals surface area contributed by atoms with Gasteiger partial charge in [0.1, 0.15) is 0 Å². The van der Waals surface area contributed by atoms with Crippen molar-refractivity contribution in [2.45, 2.75) is 6.92 Å². The maximum absolute atomic E-state index is 10.8. The summed E-state index contributed by atoms with van der Waals surface area (Å²) in [7, 11) is 0. The van der Waals surface area contributed by atoms with Gasteiger partial charge in [0, 0.05) is 0 Å². The Morgan fingerprint density at radius 1 is 1.64 bits per heavy atom. The molecule has 0 aliphatic carbocycles. The molecule has 0 unspecified atom stereocenters. The lowest BCUT2D eigenvalue weighted by Gasteiger charge is -1.88. The normalized spacial score (nSPS) is 10.6. The van der Waals surface area contributed by atoms with Crippen LogP contribution in [0.2, 0.25) is 0 Å². The lowest BCUT2D eigenvalue weighted by Crippen LogP contribution is -1.92. The van der Waals surface area contributed by atoms with Crippen molar-refractivity contribution in [3.8, 4) is 0 Å². The highest BCUT2D eigenvalue weighted by Gasteiger charge is 2.01. The predicted molar refractivity (Wildman–Crippen MR) is 42.8 cm³/mol. The van der Waals surface area contributed by atoms with Crippen LogP contribution in [-0.4, -0.2) is 15.2 Å². The van der Waals surface area contributed by atoms with Crippen molar-refractivity contribution < 1.29 is 0 Å². The van der Waals surface area contributed by atoms with E-state index in [1.807, 2.05) is 6.92 Å². The highest BCUT2D eigenvalue weighted by molar-refractivity contribution is 7.16. The van der Waals surface area contributed by atoms with Crippen LogP contribution in [0.25, 0.3) is 10.2 Å². The van der Waals surface area contributed by atoms with Crippen LogP contribution in [0, 0.1) is 6.92 Å². The summed E-state index contributed by atoms with van der Waals surface area (Å²) in [6.45, 7) is 1.82. The quantitative estimate of drug-likeness (QED) is 0.628. The number of fused-ring (bicyclic) bond motifs is 1. The van der Waals surface area contributed by atoms with E-state index in [0.29, 0.717) is 0 Å². The van der Waals surface area contributed by atoms with E-state index in [1.165, 1.54) is 0 Å². The summed E-state index contributed by atoms with van der Waals surface area (Å²) in [6, 6.07) is 0. The van der Waals surface area contributed by atoms with Crippen LogP contribution in [0.4, 0.5) is 0 Å². The first-order chi connectivity index (χ1) is 5.27. The summed E-state index contributed by atoms with van der Waals surface area (Å²) in [5.74, 6) is 0. The molecule has 0 spiro atoms. The molecule has 0 radical (unpaired) electrons. The smallest absolute Gasteiger partial charge is 0.305 e. The fraction of sp³-hybridized carbons (Fsp3) is 0.167. The molecule has 56 valence electrons. The highest BCUT2D eigenvalue weighted by Crippen LogP contribution is 2.13. The van der Waals surface area contributed by atoms with Crippen molar-refractivity contribution in [3.05, 3.63) is 21.6 Å². The molecule has 2 aromatic rings. The Balaban J connectivity index is 3.01. The Morgan fingerprint density at radius 3 is 3.18 bits per heavy atom.